The lowest BCUT2D eigenvalue weighted by molar-refractivity contribution is -0.120. The van der Waals surface area contributed by atoms with Crippen LogP contribution in [0.4, 0.5) is 10.5 Å². The molecular weight excluding hydrogens is 713 g/mol. The standard InChI is InChI=1S/C37H41Cl2N5O4S2/c1-37(2,3)48-36(47)44(34(46)31(40)19-24-8-5-4-6-9-24)28-11-7-10-26(20-28)32-22-49-35(42-32)50-23-33(45)41-27-14-16-43(17-15-27)21-25-12-13-29(38)30(39)18-25/h4-13,18,20,22,27,31H,14-17,19,21,23,40H2,1-3H3,(H,41,45)/t31-/m0/s1. The number of imide groups is 1. The number of amides is 3. The van der Waals surface area contributed by atoms with Crippen molar-refractivity contribution in [3.8, 4) is 11.3 Å². The molecule has 1 atom stereocenters. The first-order valence-corrected chi connectivity index (χ1v) is 19.0. The molecule has 2 heterocycles. The number of rotatable bonds is 11. The smallest absolute Gasteiger partial charge is 0.421 e. The number of hydrogen-bond donors (Lipinski definition) is 2. The number of ether oxygens (including phenoxy) is 1. The van der Waals surface area contributed by atoms with Crippen molar-refractivity contribution in [3.63, 3.8) is 0 Å². The van der Waals surface area contributed by atoms with Gasteiger partial charge in [-0.3, -0.25) is 14.5 Å². The number of halogens is 2. The Morgan fingerprint density at radius 1 is 1.02 bits per heavy atom. The van der Waals surface area contributed by atoms with Crippen molar-refractivity contribution in [1.29, 1.82) is 0 Å². The number of anilines is 1. The molecule has 264 valence electrons. The molecule has 0 bridgehead atoms. The van der Waals surface area contributed by atoms with E-state index in [0.717, 1.165) is 52.8 Å². The maximum atomic E-state index is 13.7. The van der Waals surface area contributed by atoms with Crippen LogP contribution in [0.5, 0.6) is 0 Å². The maximum Gasteiger partial charge on any atom is 0.421 e. The predicted octanol–water partition coefficient (Wildman–Crippen LogP) is 7.83. The van der Waals surface area contributed by atoms with Gasteiger partial charge in [0.15, 0.2) is 4.34 Å². The Bertz CT molecular complexity index is 1790. The number of hydrogen-bond acceptors (Lipinski definition) is 9. The average Bonchev–Trinajstić information content (AvgIpc) is 3.56. The monoisotopic (exact) mass is 753 g/mol. The zero-order valence-electron chi connectivity index (χ0n) is 28.2. The first kappa shape index (κ1) is 37.8. The van der Waals surface area contributed by atoms with E-state index < -0.39 is 23.6 Å². The van der Waals surface area contributed by atoms with Gasteiger partial charge in [0.1, 0.15) is 5.60 Å². The van der Waals surface area contributed by atoms with Gasteiger partial charge in [0, 0.05) is 36.6 Å². The lowest BCUT2D eigenvalue weighted by atomic mass is 10.0. The number of benzene rings is 3. The van der Waals surface area contributed by atoms with Crippen molar-refractivity contribution in [3.05, 3.63) is 99.3 Å². The molecule has 0 radical (unpaired) electrons. The van der Waals surface area contributed by atoms with Gasteiger partial charge in [-0.2, -0.15) is 0 Å². The second-order valence-corrected chi connectivity index (χ2v) is 16.0. The van der Waals surface area contributed by atoms with Gasteiger partial charge in [-0.15, -0.1) is 11.3 Å². The topological polar surface area (TPSA) is 118 Å². The number of thiazole rings is 1. The van der Waals surface area contributed by atoms with Crippen molar-refractivity contribution in [2.75, 3.05) is 23.7 Å². The van der Waals surface area contributed by atoms with Crippen LogP contribution in [0.15, 0.2) is 82.5 Å². The van der Waals surface area contributed by atoms with E-state index in [1.165, 1.54) is 23.1 Å². The summed E-state index contributed by atoms with van der Waals surface area (Å²) in [6.07, 6.45) is 1.20. The minimum atomic E-state index is -0.969. The minimum Gasteiger partial charge on any atom is -0.443 e. The molecule has 0 spiro atoms. The second kappa shape index (κ2) is 17.2. The van der Waals surface area contributed by atoms with Gasteiger partial charge >= 0.3 is 6.09 Å². The van der Waals surface area contributed by atoms with Gasteiger partial charge in [0.05, 0.1) is 33.2 Å². The summed E-state index contributed by atoms with van der Waals surface area (Å²) in [5, 5.41) is 6.17. The highest BCUT2D eigenvalue weighted by Gasteiger charge is 2.32. The molecule has 5 rings (SSSR count). The van der Waals surface area contributed by atoms with Gasteiger partial charge in [-0.25, -0.2) is 14.7 Å². The third-order valence-corrected chi connectivity index (χ3v) is 10.7. The number of nitrogens with two attached hydrogens (primary N) is 1. The zero-order chi connectivity index (χ0) is 35.8. The Labute approximate surface area is 311 Å². The summed E-state index contributed by atoms with van der Waals surface area (Å²) < 4.78 is 6.35. The number of carbonyl (C=O) groups is 3. The Morgan fingerprint density at radius 3 is 2.46 bits per heavy atom. The summed E-state index contributed by atoms with van der Waals surface area (Å²) in [6.45, 7) is 7.78. The number of nitrogens with zero attached hydrogens (tertiary/aromatic N) is 3. The number of thioether (sulfide) groups is 1. The van der Waals surface area contributed by atoms with Crippen LogP contribution in [0.1, 0.15) is 44.7 Å². The molecule has 0 unspecified atom stereocenters. The third-order valence-electron chi connectivity index (χ3n) is 7.96. The highest BCUT2D eigenvalue weighted by atomic mass is 35.5. The highest BCUT2D eigenvalue weighted by Crippen LogP contribution is 2.31. The van der Waals surface area contributed by atoms with Gasteiger partial charge in [-0.1, -0.05) is 83.5 Å². The number of piperidine rings is 1. The zero-order valence-corrected chi connectivity index (χ0v) is 31.4. The summed E-state index contributed by atoms with van der Waals surface area (Å²) in [7, 11) is 0. The van der Waals surface area contributed by atoms with Crippen molar-refractivity contribution in [2.45, 2.75) is 68.6 Å². The Balaban J connectivity index is 1.17. The number of likely N-dealkylation sites (tertiary alicyclic amines) is 1. The van der Waals surface area contributed by atoms with Crippen LogP contribution in [0.2, 0.25) is 10.0 Å². The van der Waals surface area contributed by atoms with E-state index in [1.54, 1.807) is 39.0 Å². The van der Waals surface area contributed by atoms with Gasteiger partial charge < -0.3 is 15.8 Å². The lowest BCUT2D eigenvalue weighted by Gasteiger charge is -2.32. The molecule has 1 saturated heterocycles. The molecule has 13 heteroatoms. The molecule has 9 nitrogen and oxygen atoms in total. The molecule has 4 aromatic rings. The molecule has 0 saturated carbocycles. The quantitative estimate of drug-likeness (QED) is 0.149. The molecular formula is C37H41Cl2N5O4S2. The van der Waals surface area contributed by atoms with Crippen molar-refractivity contribution < 1.29 is 19.1 Å². The van der Waals surface area contributed by atoms with Crippen molar-refractivity contribution >= 4 is 69.9 Å². The summed E-state index contributed by atoms with van der Waals surface area (Å²) >= 11 is 15.0. The summed E-state index contributed by atoms with van der Waals surface area (Å²) in [6, 6.07) is 21.3. The number of aromatic nitrogens is 1. The third kappa shape index (κ3) is 10.8. The predicted molar refractivity (Wildman–Crippen MR) is 203 cm³/mol. The van der Waals surface area contributed by atoms with Gasteiger partial charge in [-0.05, 0) is 75.4 Å². The van der Waals surface area contributed by atoms with E-state index >= 15 is 0 Å². The summed E-state index contributed by atoms with van der Waals surface area (Å²) in [4.78, 5) is 48.0. The van der Waals surface area contributed by atoms with Crippen LogP contribution in [0.3, 0.4) is 0 Å². The minimum absolute atomic E-state index is 0.0324. The van der Waals surface area contributed by atoms with E-state index in [9.17, 15) is 14.4 Å². The Kier molecular flexibility index (Phi) is 13.0. The molecule has 1 aromatic heterocycles. The molecule has 3 N–H and O–H groups in total. The summed E-state index contributed by atoms with van der Waals surface area (Å²) in [5.41, 5.74) is 9.22. The van der Waals surface area contributed by atoms with E-state index in [0.29, 0.717) is 27.0 Å². The molecule has 3 amide bonds. The molecule has 3 aromatic carbocycles. The van der Waals surface area contributed by atoms with Crippen molar-refractivity contribution in [2.24, 2.45) is 5.73 Å². The number of carbonyl (C=O) groups excluding carboxylic acids is 3. The first-order valence-electron chi connectivity index (χ1n) is 16.4. The van der Waals surface area contributed by atoms with E-state index in [-0.39, 0.29) is 24.1 Å². The fourth-order valence-corrected chi connectivity index (χ4v) is 7.51. The fraction of sp³-hybridized carbons (Fsp3) is 0.351. The fourth-order valence-electron chi connectivity index (χ4n) is 5.54. The molecule has 1 aliphatic rings. The van der Waals surface area contributed by atoms with Crippen LogP contribution in [-0.2, 0) is 27.3 Å². The van der Waals surface area contributed by atoms with E-state index in [1.807, 2.05) is 60.0 Å². The van der Waals surface area contributed by atoms with Crippen LogP contribution in [-0.4, -0.2) is 64.3 Å². The van der Waals surface area contributed by atoms with Crippen LogP contribution in [0, 0.1) is 0 Å². The average molecular weight is 755 g/mol. The SMILES string of the molecule is CC(C)(C)OC(=O)N(C(=O)[C@@H](N)Cc1ccccc1)c1cccc(-c2csc(SCC(=O)NC3CCN(Cc4ccc(Cl)c(Cl)c4)CC3)n2)c1. The van der Waals surface area contributed by atoms with Crippen LogP contribution < -0.4 is 16.0 Å². The number of nitrogens with one attached hydrogen (secondary N) is 1. The van der Waals surface area contributed by atoms with Gasteiger partial charge in [0.25, 0.3) is 5.91 Å². The van der Waals surface area contributed by atoms with Gasteiger partial charge in [0.2, 0.25) is 5.91 Å². The lowest BCUT2D eigenvalue weighted by Crippen LogP contribution is -2.49. The first-order chi connectivity index (χ1) is 23.8. The second-order valence-electron chi connectivity index (χ2n) is 13.2. The maximum absolute atomic E-state index is 13.7. The molecule has 1 aliphatic heterocycles. The van der Waals surface area contributed by atoms with E-state index in [4.69, 9.17) is 38.7 Å². The van der Waals surface area contributed by atoms with Crippen molar-refractivity contribution in [1.82, 2.24) is 15.2 Å². The highest BCUT2D eigenvalue weighted by molar-refractivity contribution is 8.01. The molecule has 0 aliphatic carbocycles. The van der Waals surface area contributed by atoms with E-state index in [2.05, 4.69) is 10.2 Å². The van der Waals surface area contributed by atoms with Crippen LogP contribution >= 0.6 is 46.3 Å². The Morgan fingerprint density at radius 2 is 1.76 bits per heavy atom. The van der Waals surface area contributed by atoms with Crippen LogP contribution in [0.25, 0.3) is 11.3 Å². The Hall–Kier alpha value is -3.45. The normalized spacial score (nSPS) is 14.6. The molecule has 1 fully saturated rings. The largest absolute Gasteiger partial charge is 0.443 e. The molecule has 50 heavy (non-hydrogen) atoms. The summed E-state index contributed by atoms with van der Waals surface area (Å²) in [5.74, 6) is -0.357.